The number of rotatable bonds is 5. The van der Waals surface area contributed by atoms with E-state index in [1.165, 1.54) is 31.5 Å². The van der Waals surface area contributed by atoms with E-state index in [9.17, 15) is 0 Å². The van der Waals surface area contributed by atoms with Gasteiger partial charge in [-0.2, -0.15) is 0 Å². The molecule has 1 N–H and O–H groups in total. The second-order valence-corrected chi connectivity index (χ2v) is 6.77. The first-order chi connectivity index (χ1) is 9.74. The summed E-state index contributed by atoms with van der Waals surface area (Å²) in [6.07, 6.45) is 7.84. The summed E-state index contributed by atoms with van der Waals surface area (Å²) in [7, 11) is 0. The predicted octanol–water partition coefficient (Wildman–Crippen LogP) is 2.33. The van der Waals surface area contributed by atoms with E-state index in [-0.39, 0.29) is 0 Å². The van der Waals surface area contributed by atoms with Crippen LogP contribution in [-0.4, -0.2) is 41.6 Å². The fraction of sp³-hybridized carbons (Fsp3) is 0.706. The highest BCUT2D eigenvalue weighted by atomic mass is 15.2. The van der Waals surface area contributed by atoms with Gasteiger partial charge in [-0.3, -0.25) is 9.88 Å². The molecule has 3 rings (SSSR count). The van der Waals surface area contributed by atoms with Crippen molar-refractivity contribution in [1.82, 2.24) is 15.2 Å². The molecule has 1 saturated carbocycles. The summed E-state index contributed by atoms with van der Waals surface area (Å²) in [6.45, 7) is 8.25. The van der Waals surface area contributed by atoms with E-state index in [1.807, 2.05) is 18.5 Å². The Kier molecular flexibility index (Phi) is 4.37. The van der Waals surface area contributed by atoms with E-state index in [2.05, 4.69) is 35.1 Å². The molecule has 0 amide bonds. The maximum Gasteiger partial charge on any atom is 0.0300 e. The van der Waals surface area contributed by atoms with Gasteiger partial charge in [0, 0.05) is 44.1 Å². The SMILES string of the molecule is CC(C)C1CNC(C2CC2)CN1CCc1cccnc1. The highest BCUT2D eigenvalue weighted by Crippen LogP contribution is 2.34. The van der Waals surface area contributed by atoms with Gasteiger partial charge in [-0.15, -0.1) is 0 Å². The minimum Gasteiger partial charge on any atom is -0.311 e. The third kappa shape index (κ3) is 3.39. The van der Waals surface area contributed by atoms with Crippen LogP contribution in [0.2, 0.25) is 0 Å². The van der Waals surface area contributed by atoms with Crippen LogP contribution in [0, 0.1) is 11.8 Å². The van der Waals surface area contributed by atoms with Crippen LogP contribution in [0.4, 0.5) is 0 Å². The molecule has 0 radical (unpaired) electrons. The normalized spacial score (nSPS) is 27.9. The third-order valence-corrected chi connectivity index (χ3v) is 4.86. The molecule has 110 valence electrons. The predicted molar refractivity (Wildman–Crippen MR) is 82.7 cm³/mol. The topological polar surface area (TPSA) is 28.2 Å². The van der Waals surface area contributed by atoms with E-state index < -0.39 is 0 Å². The smallest absolute Gasteiger partial charge is 0.0300 e. The monoisotopic (exact) mass is 273 g/mol. The lowest BCUT2D eigenvalue weighted by Crippen LogP contribution is -2.59. The summed E-state index contributed by atoms with van der Waals surface area (Å²) in [4.78, 5) is 6.94. The van der Waals surface area contributed by atoms with Crippen molar-refractivity contribution in [2.45, 2.75) is 45.2 Å². The van der Waals surface area contributed by atoms with Gasteiger partial charge >= 0.3 is 0 Å². The van der Waals surface area contributed by atoms with Crippen molar-refractivity contribution in [2.24, 2.45) is 11.8 Å². The van der Waals surface area contributed by atoms with Gasteiger partial charge in [0.15, 0.2) is 0 Å². The second-order valence-electron chi connectivity index (χ2n) is 6.77. The molecule has 0 spiro atoms. The molecule has 3 heteroatoms. The Hall–Kier alpha value is -0.930. The number of aromatic nitrogens is 1. The van der Waals surface area contributed by atoms with Crippen LogP contribution in [0.5, 0.6) is 0 Å². The van der Waals surface area contributed by atoms with Crippen LogP contribution in [0.3, 0.4) is 0 Å². The first kappa shape index (κ1) is 14.0. The number of hydrogen-bond donors (Lipinski definition) is 1. The van der Waals surface area contributed by atoms with Crippen molar-refractivity contribution in [1.29, 1.82) is 0 Å². The fourth-order valence-electron chi connectivity index (χ4n) is 3.40. The average Bonchev–Trinajstić information content (AvgIpc) is 3.30. The summed E-state index contributed by atoms with van der Waals surface area (Å²) >= 11 is 0. The van der Waals surface area contributed by atoms with Crippen molar-refractivity contribution >= 4 is 0 Å². The molecule has 1 aliphatic heterocycles. The molecule has 1 saturated heterocycles. The molecule has 2 aliphatic rings. The Balaban J connectivity index is 1.60. The molecule has 0 bridgehead atoms. The van der Waals surface area contributed by atoms with Crippen molar-refractivity contribution in [2.75, 3.05) is 19.6 Å². The van der Waals surface area contributed by atoms with Crippen molar-refractivity contribution in [3.05, 3.63) is 30.1 Å². The summed E-state index contributed by atoms with van der Waals surface area (Å²) in [6, 6.07) is 5.65. The molecule has 1 aromatic heterocycles. The van der Waals surface area contributed by atoms with Crippen LogP contribution in [0.15, 0.2) is 24.5 Å². The highest BCUT2D eigenvalue weighted by molar-refractivity contribution is 5.09. The van der Waals surface area contributed by atoms with E-state index >= 15 is 0 Å². The van der Waals surface area contributed by atoms with Gasteiger partial charge in [-0.05, 0) is 42.7 Å². The van der Waals surface area contributed by atoms with Crippen LogP contribution < -0.4 is 5.32 Å². The number of piperazine rings is 1. The van der Waals surface area contributed by atoms with Gasteiger partial charge < -0.3 is 5.32 Å². The average molecular weight is 273 g/mol. The lowest BCUT2D eigenvalue weighted by atomic mass is 9.96. The van der Waals surface area contributed by atoms with Crippen molar-refractivity contribution in [3.8, 4) is 0 Å². The maximum atomic E-state index is 4.22. The summed E-state index contributed by atoms with van der Waals surface area (Å²) in [5.74, 6) is 1.67. The number of nitrogens with one attached hydrogen (secondary N) is 1. The summed E-state index contributed by atoms with van der Waals surface area (Å²) in [5, 5.41) is 3.79. The Labute approximate surface area is 122 Å². The van der Waals surface area contributed by atoms with Gasteiger partial charge in [-0.25, -0.2) is 0 Å². The van der Waals surface area contributed by atoms with Crippen molar-refractivity contribution < 1.29 is 0 Å². The quantitative estimate of drug-likeness (QED) is 0.892. The fourth-order valence-corrected chi connectivity index (χ4v) is 3.40. The molecular formula is C17H27N3. The van der Waals surface area contributed by atoms with Gasteiger partial charge in [-0.1, -0.05) is 19.9 Å². The molecular weight excluding hydrogens is 246 g/mol. The van der Waals surface area contributed by atoms with E-state index in [1.54, 1.807) is 0 Å². The Morgan fingerprint density at radius 2 is 2.25 bits per heavy atom. The van der Waals surface area contributed by atoms with Gasteiger partial charge in [0.2, 0.25) is 0 Å². The van der Waals surface area contributed by atoms with E-state index in [0.29, 0.717) is 6.04 Å². The molecule has 1 aromatic rings. The number of nitrogens with zero attached hydrogens (tertiary/aromatic N) is 2. The molecule has 0 aromatic carbocycles. The molecule has 2 atom stereocenters. The van der Waals surface area contributed by atoms with Crippen LogP contribution in [0.1, 0.15) is 32.3 Å². The summed E-state index contributed by atoms with van der Waals surface area (Å²) < 4.78 is 0. The van der Waals surface area contributed by atoms with Crippen LogP contribution in [0.25, 0.3) is 0 Å². The van der Waals surface area contributed by atoms with E-state index in [0.717, 1.165) is 30.8 Å². The molecule has 2 unspecified atom stereocenters. The Bertz CT molecular complexity index is 414. The lowest BCUT2D eigenvalue weighted by Gasteiger charge is -2.42. The van der Waals surface area contributed by atoms with Gasteiger partial charge in [0.05, 0.1) is 0 Å². The Morgan fingerprint density at radius 1 is 1.40 bits per heavy atom. The largest absolute Gasteiger partial charge is 0.311 e. The second kappa shape index (κ2) is 6.23. The zero-order valence-corrected chi connectivity index (χ0v) is 12.8. The molecule has 2 heterocycles. The van der Waals surface area contributed by atoms with Gasteiger partial charge in [0.1, 0.15) is 0 Å². The number of pyridine rings is 1. The molecule has 1 aliphatic carbocycles. The first-order valence-corrected chi connectivity index (χ1v) is 8.10. The van der Waals surface area contributed by atoms with E-state index in [4.69, 9.17) is 0 Å². The Morgan fingerprint density at radius 3 is 2.90 bits per heavy atom. The standard InChI is InChI=1S/C17H27N3/c1-13(2)17-11-19-16(15-5-6-15)12-20(17)9-7-14-4-3-8-18-10-14/h3-4,8,10,13,15-17,19H,5-7,9,11-12H2,1-2H3. The molecule has 20 heavy (non-hydrogen) atoms. The first-order valence-electron chi connectivity index (χ1n) is 8.10. The van der Waals surface area contributed by atoms with Crippen LogP contribution >= 0.6 is 0 Å². The minimum absolute atomic E-state index is 0.682. The van der Waals surface area contributed by atoms with Crippen LogP contribution in [-0.2, 0) is 6.42 Å². The highest BCUT2D eigenvalue weighted by Gasteiger charge is 2.37. The van der Waals surface area contributed by atoms with Crippen molar-refractivity contribution in [3.63, 3.8) is 0 Å². The maximum absolute atomic E-state index is 4.22. The molecule has 3 nitrogen and oxygen atoms in total. The van der Waals surface area contributed by atoms with Gasteiger partial charge in [0.25, 0.3) is 0 Å². The third-order valence-electron chi connectivity index (χ3n) is 4.86. The minimum atomic E-state index is 0.682. The zero-order chi connectivity index (χ0) is 13.9. The number of hydrogen-bond acceptors (Lipinski definition) is 3. The zero-order valence-electron chi connectivity index (χ0n) is 12.8. The molecule has 2 fully saturated rings. The summed E-state index contributed by atoms with van der Waals surface area (Å²) in [5.41, 5.74) is 1.36. The lowest BCUT2D eigenvalue weighted by molar-refractivity contribution is 0.0935.